The summed E-state index contributed by atoms with van der Waals surface area (Å²) in [6.07, 6.45) is 1.13. The van der Waals surface area contributed by atoms with Gasteiger partial charge in [0.05, 0.1) is 0 Å². The normalized spacial score (nSPS) is 12.6. The van der Waals surface area contributed by atoms with Crippen LogP contribution in [0.15, 0.2) is 27.4 Å². The zero-order valence-corrected chi connectivity index (χ0v) is 13.0. The Hall–Kier alpha value is -1.43. The molecule has 2 aromatic heterocycles. The number of nitrogens with zero attached hydrogens (tertiary/aromatic N) is 2. The molecule has 0 aliphatic heterocycles. The van der Waals surface area contributed by atoms with E-state index in [2.05, 4.69) is 9.82 Å². The van der Waals surface area contributed by atoms with Crippen molar-refractivity contribution in [3.8, 4) is 0 Å². The zero-order chi connectivity index (χ0) is 15.1. The molecule has 0 fully saturated rings. The summed E-state index contributed by atoms with van der Waals surface area (Å²) in [6.45, 7) is 1.76. The molecule has 3 N–H and O–H groups in total. The van der Waals surface area contributed by atoms with E-state index in [1.807, 2.05) is 0 Å². The van der Waals surface area contributed by atoms with Crippen molar-refractivity contribution in [3.05, 3.63) is 23.2 Å². The van der Waals surface area contributed by atoms with E-state index in [4.69, 9.17) is 5.14 Å². The molecule has 2 aromatic rings. The predicted octanol–water partition coefficient (Wildman–Crippen LogP) is 0.238. The smallest absolute Gasteiger partial charge is 0.272 e. The van der Waals surface area contributed by atoms with E-state index < -0.39 is 20.0 Å². The Morgan fingerprint density at radius 1 is 1.30 bits per heavy atom. The number of anilines is 1. The fourth-order valence-electron chi connectivity index (χ4n) is 1.48. The molecule has 0 saturated heterocycles. The summed E-state index contributed by atoms with van der Waals surface area (Å²) in [6, 6.07) is 3.08. The Labute approximate surface area is 120 Å². The van der Waals surface area contributed by atoms with E-state index in [0.717, 1.165) is 27.1 Å². The van der Waals surface area contributed by atoms with Gasteiger partial charge in [-0.1, -0.05) is 0 Å². The molecule has 0 spiro atoms. The van der Waals surface area contributed by atoms with Crippen molar-refractivity contribution in [1.29, 1.82) is 0 Å². The third-order valence-electron chi connectivity index (χ3n) is 2.31. The molecule has 11 heteroatoms. The van der Waals surface area contributed by atoms with Gasteiger partial charge in [0.2, 0.25) is 10.0 Å². The van der Waals surface area contributed by atoms with Gasteiger partial charge in [0, 0.05) is 18.1 Å². The van der Waals surface area contributed by atoms with Gasteiger partial charge >= 0.3 is 0 Å². The van der Waals surface area contributed by atoms with E-state index >= 15 is 0 Å². The van der Waals surface area contributed by atoms with E-state index in [9.17, 15) is 16.8 Å². The third kappa shape index (κ3) is 3.00. The summed E-state index contributed by atoms with van der Waals surface area (Å²) in [4.78, 5) is 0.440. The third-order valence-corrected chi connectivity index (χ3v) is 6.06. The summed E-state index contributed by atoms with van der Waals surface area (Å²) in [5, 5.41) is 8.79. The molecular formula is C9H12N4O4S3. The highest BCUT2D eigenvalue weighted by Gasteiger charge is 2.24. The van der Waals surface area contributed by atoms with Crippen LogP contribution in [0.2, 0.25) is 0 Å². The second kappa shape index (κ2) is 4.84. The molecule has 2 rings (SSSR count). The molecule has 2 heterocycles. The second-order valence-corrected chi connectivity index (χ2v) is 8.76. The van der Waals surface area contributed by atoms with Gasteiger partial charge in [-0.15, -0.1) is 11.3 Å². The van der Waals surface area contributed by atoms with Crippen LogP contribution in [0.5, 0.6) is 0 Å². The number of aryl methyl sites for hydroxylation is 2. The van der Waals surface area contributed by atoms with E-state index in [-0.39, 0.29) is 14.9 Å². The molecule has 20 heavy (non-hydrogen) atoms. The highest BCUT2D eigenvalue weighted by molar-refractivity contribution is 7.94. The van der Waals surface area contributed by atoms with Crippen LogP contribution in [0.4, 0.5) is 5.82 Å². The quantitative estimate of drug-likeness (QED) is 0.827. The SMILES string of the molecule is Cc1ccc(S(=O)(=O)Nc2nn(C)cc2S(N)(=O)=O)s1. The van der Waals surface area contributed by atoms with E-state index in [1.54, 1.807) is 13.0 Å². The Kier molecular flexibility index (Phi) is 3.62. The number of hydrogen-bond donors (Lipinski definition) is 2. The number of aromatic nitrogens is 2. The molecule has 0 amide bonds. The summed E-state index contributed by atoms with van der Waals surface area (Å²) >= 11 is 1.07. The molecule has 0 radical (unpaired) electrons. The predicted molar refractivity (Wildman–Crippen MR) is 74.4 cm³/mol. The standard InChI is InChI=1S/C9H12N4O4S3/c1-6-3-4-8(18-6)20(16,17)12-9-7(19(10,14)15)5-13(2)11-9/h3-5H,1-2H3,(H,11,12)(H2,10,14,15). The Morgan fingerprint density at radius 3 is 2.45 bits per heavy atom. The maximum Gasteiger partial charge on any atom is 0.272 e. The molecule has 0 saturated carbocycles. The molecular weight excluding hydrogens is 324 g/mol. The number of hydrogen-bond acceptors (Lipinski definition) is 6. The van der Waals surface area contributed by atoms with Gasteiger partial charge in [0.25, 0.3) is 10.0 Å². The van der Waals surface area contributed by atoms with Gasteiger partial charge in [-0.25, -0.2) is 22.0 Å². The van der Waals surface area contributed by atoms with Gasteiger partial charge < -0.3 is 0 Å². The lowest BCUT2D eigenvalue weighted by atomic mass is 10.5. The van der Waals surface area contributed by atoms with E-state index in [1.165, 1.54) is 13.1 Å². The van der Waals surface area contributed by atoms with Crippen LogP contribution in [0.25, 0.3) is 0 Å². The van der Waals surface area contributed by atoms with Gasteiger partial charge in [-0.2, -0.15) is 5.10 Å². The zero-order valence-electron chi connectivity index (χ0n) is 10.6. The minimum absolute atomic E-state index is 0.0704. The largest absolute Gasteiger partial charge is 0.272 e. The van der Waals surface area contributed by atoms with Crippen molar-refractivity contribution in [2.45, 2.75) is 16.0 Å². The minimum Gasteiger partial charge on any atom is -0.272 e. The summed E-state index contributed by atoms with van der Waals surface area (Å²) in [5.74, 6) is -0.318. The molecule has 110 valence electrons. The first kappa shape index (κ1) is 15.0. The monoisotopic (exact) mass is 336 g/mol. The van der Waals surface area contributed by atoms with Crippen LogP contribution >= 0.6 is 11.3 Å². The molecule has 8 nitrogen and oxygen atoms in total. The van der Waals surface area contributed by atoms with Crippen molar-refractivity contribution in [2.24, 2.45) is 12.2 Å². The van der Waals surface area contributed by atoms with Crippen molar-refractivity contribution < 1.29 is 16.8 Å². The number of primary sulfonamides is 1. The minimum atomic E-state index is -4.07. The number of nitrogens with one attached hydrogen (secondary N) is 1. The molecule has 0 aliphatic carbocycles. The maximum atomic E-state index is 12.1. The topological polar surface area (TPSA) is 124 Å². The summed E-state index contributed by atoms with van der Waals surface area (Å²) in [7, 11) is -6.50. The van der Waals surface area contributed by atoms with Gasteiger partial charge in [0.1, 0.15) is 9.10 Å². The lowest BCUT2D eigenvalue weighted by molar-refractivity contribution is 0.598. The molecule has 0 aromatic carbocycles. The van der Waals surface area contributed by atoms with Crippen LogP contribution in [0, 0.1) is 6.92 Å². The Balaban J connectivity index is 2.45. The van der Waals surface area contributed by atoms with Gasteiger partial charge in [0.15, 0.2) is 5.82 Å². The summed E-state index contributed by atoms with van der Waals surface area (Å²) in [5.41, 5.74) is 0. The van der Waals surface area contributed by atoms with Crippen LogP contribution < -0.4 is 9.86 Å². The second-order valence-electron chi connectivity index (χ2n) is 4.03. The molecule has 0 aliphatic rings. The van der Waals surface area contributed by atoms with Crippen LogP contribution in [-0.2, 0) is 27.1 Å². The number of sulfonamides is 2. The first-order valence-corrected chi connectivity index (χ1v) is 9.10. The molecule has 0 bridgehead atoms. The number of thiophene rings is 1. The number of rotatable bonds is 4. The average Bonchev–Trinajstić information content (AvgIpc) is 2.84. The first-order chi connectivity index (χ1) is 9.09. The van der Waals surface area contributed by atoms with Gasteiger partial charge in [-0.3, -0.25) is 9.40 Å². The van der Waals surface area contributed by atoms with Crippen molar-refractivity contribution >= 4 is 37.2 Å². The fraction of sp³-hybridized carbons (Fsp3) is 0.222. The highest BCUT2D eigenvalue weighted by atomic mass is 32.2. The Morgan fingerprint density at radius 2 is 1.95 bits per heavy atom. The van der Waals surface area contributed by atoms with Crippen molar-refractivity contribution in [3.63, 3.8) is 0 Å². The molecule has 0 unspecified atom stereocenters. The Bertz CT molecular complexity index is 848. The average molecular weight is 336 g/mol. The van der Waals surface area contributed by atoms with Crippen LogP contribution in [0.3, 0.4) is 0 Å². The van der Waals surface area contributed by atoms with Crippen LogP contribution in [0.1, 0.15) is 4.88 Å². The van der Waals surface area contributed by atoms with Crippen LogP contribution in [-0.4, -0.2) is 26.6 Å². The molecule has 0 atom stereocenters. The maximum absolute atomic E-state index is 12.1. The lowest BCUT2D eigenvalue weighted by Crippen LogP contribution is -2.17. The highest BCUT2D eigenvalue weighted by Crippen LogP contribution is 2.25. The summed E-state index contributed by atoms with van der Waals surface area (Å²) < 4.78 is 50.4. The fourth-order valence-corrected chi connectivity index (χ4v) is 4.51. The van der Waals surface area contributed by atoms with Crippen molar-refractivity contribution in [1.82, 2.24) is 9.78 Å². The number of nitrogens with two attached hydrogens (primary N) is 1. The van der Waals surface area contributed by atoms with E-state index in [0.29, 0.717) is 0 Å². The van der Waals surface area contributed by atoms with Crippen molar-refractivity contribution in [2.75, 3.05) is 4.72 Å². The first-order valence-electron chi connectivity index (χ1n) is 5.25. The lowest BCUT2D eigenvalue weighted by Gasteiger charge is -2.04. The van der Waals surface area contributed by atoms with Gasteiger partial charge in [-0.05, 0) is 19.1 Å².